The highest BCUT2D eigenvalue weighted by Crippen LogP contribution is 2.31. The third-order valence-corrected chi connectivity index (χ3v) is 3.76. The van der Waals surface area contributed by atoms with Crippen LogP contribution in [0.4, 0.5) is 5.69 Å². The maximum atomic E-state index is 10.8. The molecule has 0 amide bonds. The average molecular weight is 296 g/mol. The zero-order chi connectivity index (χ0) is 12.0. The van der Waals surface area contributed by atoms with Crippen molar-refractivity contribution in [1.29, 1.82) is 0 Å². The molecule has 1 aliphatic heterocycles. The molecule has 2 heterocycles. The van der Waals surface area contributed by atoms with Gasteiger partial charge < -0.3 is 4.57 Å². The molecule has 0 bridgehead atoms. The molecule has 3 rings (SSSR count). The molecule has 0 spiro atoms. The van der Waals surface area contributed by atoms with Gasteiger partial charge in [0.1, 0.15) is 5.82 Å². The third-order valence-electron chi connectivity index (χ3n) is 3.12. The van der Waals surface area contributed by atoms with E-state index in [1.807, 2.05) is 0 Å². The Kier molecular flexibility index (Phi) is 2.39. The first-order valence-corrected chi connectivity index (χ1v) is 6.29. The van der Waals surface area contributed by atoms with Crippen LogP contribution < -0.4 is 0 Å². The van der Waals surface area contributed by atoms with Crippen LogP contribution in [-0.4, -0.2) is 14.5 Å². The molecule has 0 N–H and O–H groups in total. The second-order valence-electron chi connectivity index (χ2n) is 4.19. The monoisotopic (exact) mass is 295 g/mol. The van der Waals surface area contributed by atoms with Gasteiger partial charge in [0, 0.05) is 19.0 Å². The number of imidazole rings is 1. The Balaban J connectivity index is 2.28. The Morgan fingerprint density at radius 3 is 3.00 bits per heavy atom. The van der Waals surface area contributed by atoms with Crippen LogP contribution in [0, 0.1) is 10.1 Å². The van der Waals surface area contributed by atoms with Crippen molar-refractivity contribution in [2.24, 2.45) is 0 Å². The quantitative estimate of drug-likeness (QED) is 0.600. The van der Waals surface area contributed by atoms with E-state index >= 15 is 0 Å². The minimum atomic E-state index is -0.387. The first-order chi connectivity index (χ1) is 8.16. The molecule has 88 valence electrons. The molecule has 17 heavy (non-hydrogen) atoms. The lowest BCUT2D eigenvalue weighted by molar-refractivity contribution is -0.385. The summed E-state index contributed by atoms with van der Waals surface area (Å²) in [4.78, 5) is 14.9. The van der Waals surface area contributed by atoms with E-state index in [0.717, 1.165) is 42.7 Å². The smallest absolute Gasteiger partial charge is 0.285 e. The summed E-state index contributed by atoms with van der Waals surface area (Å²) >= 11 is 3.25. The van der Waals surface area contributed by atoms with Crippen LogP contribution in [0.5, 0.6) is 0 Å². The van der Waals surface area contributed by atoms with E-state index in [1.54, 1.807) is 12.1 Å². The zero-order valence-corrected chi connectivity index (χ0v) is 10.6. The van der Waals surface area contributed by atoms with Gasteiger partial charge in [-0.1, -0.05) is 0 Å². The summed E-state index contributed by atoms with van der Waals surface area (Å²) in [5, 5.41) is 10.8. The number of nitro groups is 1. The third kappa shape index (κ3) is 1.63. The van der Waals surface area contributed by atoms with Crippen molar-refractivity contribution in [3.05, 3.63) is 32.5 Å². The van der Waals surface area contributed by atoms with Crippen LogP contribution in [-0.2, 0) is 13.0 Å². The molecule has 2 aromatic rings. The lowest BCUT2D eigenvalue weighted by Crippen LogP contribution is -2.09. The number of nitrogens with zero attached hydrogens (tertiary/aromatic N) is 3. The molecule has 1 aromatic heterocycles. The normalized spacial score (nSPS) is 14.9. The lowest BCUT2D eigenvalue weighted by atomic mass is 10.2. The predicted octanol–water partition coefficient (Wildman–Crippen LogP) is 3.04. The van der Waals surface area contributed by atoms with Crippen molar-refractivity contribution in [2.75, 3.05) is 0 Å². The van der Waals surface area contributed by atoms with E-state index in [0.29, 0.717) is 4.47 Å². The Morgan fingerprint density at radius 1 is 1.41 bits per heavy atom. The topological polar surface area (TPSA) is 61.0 Å². The lowest BCUT2D eigenvalue weighted by Gasteiger charge is -2.13. The molecule has 0 saturated heterocycles. The van der Waals surface area contributed by atoms with Gasteiger partial charge in [0.05, 0.1) is 20.4 Å². The van der Waals surface area contributed by atoms with Gasteiger partial charge in [0.2, 0.25) is 0 Å². The van der Waals surface area contributed by atoms with E-state index in [1.165, 1.54) is 0 Å². The van der Waals surface area contributed by atoms with Gasteiger partial charge in [0.25, 0.3) is 5.69 Å². The Morgan fingerprint density at radius 2 is 2.24 bits per heavy atom. The molecule has 0 atom stereocenters. The predicted molar refractivity (Wildman–Crippen MR) is 67.0 cm³/mol. The van der Waals surface area contributed by atoms with Gasteiger partial charge in [-0.2, -0.15) is 0 Å². The van der Waals surface area contributed by atoms with Crippen LogP contribution in [0.15, 0.2) is 16.6 Å². The summed E-state index contributed by atoms with van der Waals surface area (Å²) in [5.41, 5.74) is 1.78. The largest absolute Gasteiger partial charge is 0.328 e. The van der Waals surface area contributed by atoms with Gasteiger partial charge in [-0.25, -0.2) is 4.98 Å². The maximum absolute atomic E-state index is 10.8. The molecule has 1 aliphatic rings. The first kappa shape index (κ1) is 10.7. The maximum Gasteiger partial charge on any atom is 0.285 e. The second-order valence-corrected chi connectivity index (χ2v) is 5.04. The molecule has 0 unspecified atom stereocenters. The van der Waals surface area contributed by atoms with Crippen molar-refractivity contribution in [1.82, 2.24) is 9.55 Å². The second kappa shape index (κ2) is 3.80. The Bertz CT molecular complexity index is 621. The summed E-state index contributed by atoms with van der Waals surface area (Å²) in [6.07, 6.45) is 3.25. The van der Waals surface area contributed by atoms with Gasteiger partial charge in [-0.05, 0) is 34.8 Å². The van der Waals surface area contributed by atoms with Crippen LogP contribution in [0.2, 0.25) is 0 Å². The highest BCUT2D eigenvalue weighted by molar-refractivity contribution is 9.10. The molecular weight excluding hydrogens is 286 g/mol. The number of rotatable bonds is 1. The summed E-state index contributed by atoms with van der Waals surface area (Å²) in [6, 6.07) is 3.35. The highest BCUT2D eigenvalue weighted by Gasteiger charge is 2.19. The number of nitro benzene ring substituents is 1. The molecule has 0 radical (unpaired) electrons. The van der Waals surface area contributed by atoms with E-state index in [2.05, 4.69) is 25.5 Å². The molecule has 6 heteroatoms. The summed E-state index contributed by atoms with van der Waals surface area (Å²) in [6.45, 7) is 0.954. The van der Waals surface area contributed by atoms with Crippen molar-refractivity contribution in [3.63, 3.8) is 0 Å². The van der Waals surface area contributed by atoms with E-state index < -0.39 is 0 Å². The van der Waals surface area contributed by atoms with Crippen LogP contribution in [0.25, 0.3) is 11.0 Å². The standard InChI is InChI=1S/C11H10BrN3O2/c12-7-5-10-8(6-9(7)15(16)17)13-11-3-1-2-4-14(10)11/h5-6H,1-4H2. The Labute approximate surface area is 106 Å². The van der Waals surface area contributed by atoms with Crippen LogP contribution >= 0.6 is 15.9 Å². The summed E-state index contributed by atoms with van der Waals surface area (Å²) < 4.78 is 2.68. The molecule has 5 nitrogen and oxygen atoms in total. The van der Waals surface area contributed by atoms with Crippen molar-refractivity contribution in [3.8, 4) is 0 Å². The van der Waals surface area contributed by atoms with E-state index in [9.17, 15) is 10.1 Å². The highest BCUT2D eigenvalue weighted by atomic mass is 79.9. The minimum absolute atomic E-state index is 0.0768. The van der Waals surface area contributed by atoms with Crippen LogP contribution in [0.1, 0.15) is 18.7 Å². The number of aryl methyl sites for hydroxylation is 2. The molecule has 0 saturated carbocycles. The van der Waals surface area contributed by atoms with Gasteiger partial charge >= 0.3 is 0 Å². The first-order valence-electron chi connectivity index (χ1n) is 5.50. The SMILES string of the molecule is O=[N+]([O-])c1cc2nc3n(c2cc1Br)CCCC3. The number of aromatic nitrogens is 2. The number of halogens is 1. The zero-order valence-electron chi connectivity index (χ0n) is 9.02. The minimum Gasteiger partial charge on any atom is -0.328 e. The number of hydrogen-bond acceptors (Lipinski definition) is 3. The van der Waals surface area contributed by atoms with Gasteiger partial charge in [0.15, 0.2) is 0 Å². The van der Waals surface area contributed by atoms with E-state index in [4.69, 9.17) is 0 Å². The fourth-order valence-electron chi connectivity index (χ4n) is 2.32. The summed E-state index contributed by atoms with van der Waals surface area (Å²) in [7, 11) is 0. The summed E-state index contributed by atoms with van der Waals surface area (Å²) in [5.74, 6) is 1.04. The molecule has 1 aromatic carbocycles. The van der Waals surface area contributed by atoms with Crippen molar-refractivity contribution >= 4 is 32.7 Å². The van der Waals surface area contributed by atoms with Crippen molar-refractivity contribution in [2.45, 2.75) is 25.8 Å². The number of benzene rings is 1. The number of fused-ring (bicyclic) bond motifs is 3. The molecular formula is C11H10BrN3O2. The van der Waals surface area contributed by atoms with Gasteiger partial charge in [-0.15, -0.1) is 0 Å². The Hall–Kier alpha value is -1.43. The van der Waals surface area contributed by atoms with Gasteiger partial charge in [-0.3, -0.25) is 10.1 Å². The fraction of sp³-hybridized carbons (Fsp3) is 0.364. The average Bonchev–Trinajstić information content (AvgIpc) is 2.65. The number of hydrogen-bond donors (Lipinski definition) is 0. The molecule has 0 aliphatic carbocycles. The fourth-order valence-corrected chi connectivity index (χ4v) is 2.79. The van der Waals surface area contributed by atoms with E-state index in [-0.39, 0.29) is 10.6 Å². The van der Waals surface area contributed by atoms with Crippen LogP contribution in [0.3, 0.4) is 0 Å². The molecule has 0 fully saturated rings. The van der Waals surface area contributed by atoms with Crippen molar-refractivity contribution < 1.29 is 4.92 Å².